The smallest absolute Gasteiger partial charge is 0.306 e. The maximum Gasteiger partial charge on any atom is 0.306 e. The summed E-state index contributed by atoms with van der Waals surface area (Å²) in [5, 5.41) is 14.6. The van der Waals surface area contributed by atoms with Crippen LogP contribution in [-0.4, -0.2) is 32.1 Å². The molecule has 1 aliphatic heterocycles. The Morgan fingerprint density at radius 3 is 2.92 bits per heavy atom. The Morgan fingerprint density at radius 1 is 1.40 bits per heavy atom. The van der Waals surface area contributed by atoms with Crippen LogP contribution in [0, 0.1) is 24.0 Å². The standard InChI is InChI=1S/C18H22N4O3/c1-13-5-3-6-16(14(13)2)17-7-4-9-21(17)18(23)8-10-20-12-15(11-19-20)22(24)25/h3,5-6,11-12,17H,4,7-10H2,1-2H3. The number of nitro groups is 1. The molecule has 1 unspecified atom stereocenters. The fourth-order valence-corrected chi connectivity index (χ4v) is 3.45. The van der Waals surface area contributed by atoms with Crippen LogP contribution >= 0.6 is 0 Å². The average Bonchev–Trinajstić information content (AvgIpc) is 3.24. The van der Waals surface area contributed by atoms with Crippen LogP contribution in [-0.2, 0) is 11.3 Å². The lowest BCUT2D eigenvalue weighted by Gasteiger charge is -2.27. The third-order valence-corrected chi connectivity index (χ3v) is 4.96. The number of benzene rings is 1. The van der Waals surface area contributed by atoms with E-state index in [1.165, 1.54) is 33.8 Å². The Kier molecular flexibility index (Phi) is 4.83. The molecular formula is C18H22N4O3. The molecule has 1 fully saturated rings. The highest BCUT2D eigenvalue weighted by Gasteiger charge is 2.30. The number of carbonyl (C=O) groups is 1. The van der Waals surface area contributed by atoms with Crippen molar-refractivity contribution < 1.29 is 9.72 Å². The quantitative estimate of drug-likeness (QED) is 0.617. The minimum Gasteiger partial charge on any atom is -0.336 e. The first-order valence-electron chi connectivity index (χ1n) is 8.50. The minimum atomic E-state index is -0.484. The summed E-state index contributed by atoms with van der Waals surface area (Å²) >= 11 is 0. The van der Waals surface area contributed by atoms with Gasteiger partial charge in [0, 0.05) is 19.5 Å². The Morgan fingerprint density at radius 2 is 2.20 bits per heavy atom. The molecule has 25 heavy (non-hydrogen) atoms. The van der Waals surface area contributed by atoms with Gasteiger partial charge in [0.15, 0.2) is 0 Å². The van der Waals surface area contributed by atoms with Crippen LogP contribution in [0.2, 0.25) is 0 Å². The molecule has 2 heterocycles. The van der Waals surface area contributed by atoms with Crippen molar-refractivity contribution in [1.29, 1.82) is 0 Å². The molecule has 7 nitrogen and oxygen atoms in total. The Bertz CT molecular complexity index is 799. The molecule has 0 bridgehead atoms. The summed E-state index contributed by atoms with van der Waals surface area (Å²) in [5.41, 5.74) is 3.65. The summed E-state index contributed by atoms with van der Waals surface area (Å²) in [4.78, 5) is 24.8. The number of aryl methyl sites for hydroxylation is 2. The lowest BCUT2D eigenvalue weighted by Crippen LogP contribution is -2.31. The Labute approximate surface area is 146 Å². The van der Waals surface area contributed by atoms with Gasteiger partial charge in [0.05, 0.1) is 11.0 Å². The maximum atomic E-state index is 12.7. The fraction of sp³-hybridized carbons (Fsp3) is 0.444. The molecule has 0 spiro atoms. The van der Waals surface area contributed by atoms with E-state index in [0.717, 1.165) is 19.4 Å². The Hall–Kier alpha value is -2.70. The van der Waals surface area contributed by atoms with E-state index >= 15 is 0 Å². The highest BCUT2D eigenvalue weighted by Crippen LogP contribution is 2.34. The molecule has 0 radical (unpaired) electrons. The van der Waals surface area contributed by atoms with Gasteiger partial charge in [-0.1, -0.05) is 18.2 Å². The van der Waals surface area contributed by atoms with Gasteiger partial charge in [0.1, 0.15) is 12.4 Å². The van der Waals surface area contributed by atoms with Crippen LogP contribution in [0.3, 0.4) is 0 Å². The van der Waals surface area contributed by atoms with Crippen molar-refractivity contribution >= 4 is 11.6 Å². The van der Waals surface area contributed by atoms with Crippen LogP contribution < -0.4 is 0 Å². The van der Waals surface area contributed by atoms with Crippen molar-refractivity contribution in [3.63, 3.8) is 0 Å². The van der Waals surface area contributed by atoms with Gasteiger partial charge in [-0.25, -0.2) is 0 Å². The van der Waals surface area contributed by atoms with Crippen LogP contribution in [0.1, 0.15) is 42.0 Å². The van der Waals surface area contributed by atoms with Gasteiger partial charge in [-0.05, 0) is 43.4 Å². The second-order valence-electron chi connectivity index (χ2n) is 6.50. The number of rotatable bonds is 5. The van der Waals surface area contributed by atoms with Gasteiger partial charge >= 0.3 is 5.69 Å². The van der Waals surface area contributed by atoms with Gasteiger partial charge in [-0.15, -0.1) is 0 Å². The van der Waals surface area contributed by atoms with Crippen LogP contribution in [0.4, 0.5) is 5.69 Å². The number of aromatic nitrogens is 2. The summed E-state index contributed by atoms with van der Waals surface area (Å²) in [5.74, 6) is 0.0709. The van der Waals surface area contributed by atoms with Crippen molar-refractivity contribution in [2.24, 2.45) is 0 Å². The van der Waals surface area contributed by atoms with E-state index in [2.05, 4.69) is 31.1 Å². The van der Waals surface area contributed by atoms with Gasteiger partial charge in [-0.2, -0.15) is 5.10 Å². The van der Waals surface area contributed by atoms with E-state index in [1.807, 2.05) is 11.0 Å². The third kappa shape index (κ3) is 3.55. The van der Waals surface area contributed by atoms with Crippen molar-refractivity contribution in [1.82, 2.24) is 14.7 Å². The summed E-state index contributed by atoms with van der Waals surface area (Å²) in [7, 11) is 0. The molecule has 1 saturated heterocycles. The summed E-state index contributed by atoms with van der Waals surface area (Å²) in [6.45, 7) is 5.30. The zero-order chi connectivity index (χ0) is 18.0. The number of amides is 1. The number of likely N-dealkylation sites (tertiary alicyclic amines) is 1. The lowest BCUT2D eigenvalue weighted by atomic mass is 9.96. The van der Waals surface area contributed by atoms with Gasteiger partial charge in [0.2, 0.25) is 5.91 Å². The van der Waals surface area contributed by atoms with E-state index in [1.54, 1.807) is 0 Å². The second kappa shape index (κ2) is 7.04. The Balaban J connectivity index is 1.68. The number of carbonyl (C=O) groups excluding carboxylic acids is 1. The minimum absolute atomic E-state index is 0.0538. The predicted molar refractivity (Wildman–Crippen MR) is 93.1 cm³/mol. The maximum absolute atomic E-state index is 12.7. The molecule has 132 valence electrons. The molecule has 0 N–H and O–H groups in total. The van der Waals surface area contributed by atoms with Crippen LogP contribution in [0.25, 0.3) is 0 Å². The molecule has 0 aliphatic carbocycles. The van der Waals surface area contributed by atoms with E-state index in [-0.39, 0.29) is 17.6 Å². The molecule has 2 aromatic rings. The third-order valence-electron chi connectivity index (χ3n) is 4.96. The zero-order valence-electron chi connectivity index (χ0n) is 14.5. The molecule has 1 amide bonds. The first kappa shape index (κ1) is 17.1. The number of nitrogens with zero attached hydrogens (tertiary/aromatic N) is 4. The second-order valence-corrected chi connectivity index (χ2v) is 6.50. The molecule has 1 aliphatic rings. The molecule has 1 aromatic carbocycles. The van der Waals surface area contributed by atoms with Crippen molar-refractivity contribution in [2.75, 3.05) is 6.54 Å². The van der Waals surface area contributed by atoms with E-state index in [0.29, 0.717) is 13.0 Å². The molecule has 0 saturated carbocycles. The normalized spacial score (nSPS) is 17.0. The number of hydrogen-bond donors (Lipinski definition) is 0. The highest BCUT2D eigenvalue weighted by atomic mass is 16.6. The average molecular weight is 342 g/mol. The summed E-state index contributed by atoms with van der Waals surface area (Å²) in [6.07, 6.45) is 4.83. The first-order chi connectivity index (χ1) is 12.0. The van der Waals surface area contributed by atoms with Gasteiger partial charge in [-0.3, -0.25) is 19.6 Å². The van der Waals surface area contributed by atoms with Crippen molar-refractivity contribution in [2.45, 2.75) is 45.7 Å². The predicted octanol–water partition coefficient (Wildman–Crippen LogP) is 3.16. The molecule has 1 aromatic heterocycles. The highest BCUT2D eigenvalue weighted by molar-refractivity contribution is 5.77. The topological polar surface area (TPSA) is 81.3 Å². The SMILES string of the molecule is Cc1cccc(C2CCCN2C(=O)CCn2cc([N+](=O)[O-])cn2)c1C. The van der Waals surface area contributed by atoms with Crippen molar-refractivity contribution in [3.05, 3.63) is 57.4 Å². The molecular weight excluding hydrogens is 320 g/mol. The van der Waals surface area contributed by atoms with Crippen molar-refractivity contribution in [3.8, 4) is 0 Å². The summed E-state index contributed by atoms with van der Waals surface area (Å²) in [6, 6.07) is 6.36. The van der Waals surface area contributed by atoms with Crippen LogP contribution in [0.15, 0.2) is 30.6 Å². The van der Waals surface area contributed by atoms with Gasteiger partial charge < -0.3 is 4.90 Å². The lowest BCUT2D eigenvalue weighted by molar-refractivity contribution is -0.385. The fourth-order valence-electron chi connectivity index (χ4n) is 3.45. The summed E-state index contributed by atoms with van der Waals surface area (Å²) < 4.78 is 1.46. The number of hydrogen-bond acceptors (Lipinski definition) is 4. The van der Waals surface area contributed by atoms with E-state index in [4.69, 9.17) is 0 Å². The van der Waals surface area contributed by atoms with Crippen LogP contribution in [0.5, 0.6) is 0 Å². The first-order valence-corrected chi connectivity index (χ1v) is 8.50. The van der Waals surface area contributed by atoms with Gasteiger partial charge in [0.25, 0.3) is 0 Å². The molecule has 7 heteroatoms. The van der Waals surface area contributed by atoms with E-state index < -0.39 is 4.92 Å². The largest absolute Gasteiger partial charge is 0.336 e. The zero-order valence-corrected chi connectivity index (χ0v) is 14.5. The van der Waals surface area contributed by atoms with E-state index in [9.17, 15) is 14.9 Å². The monoisotopic (exact) mass is 342 g/mol. The molecule has 3 rings (SSSR count). The molecule has 1 atom stereocenters.